The van der Waals surface area contributed by atoms with Crippen molar-refractivity contribution in [3.05, 3.63) is 42.0 Å². The number of benzene rings is 1. The van der Waals surface area contributed by atoms with Crippen LogP contribution in [0.25, 0.3) is 6.08 Å². The molecule has 108 valence electrons. The Morgan fingerprint density at radius 1 is 1.20 bits per heavy atom. The lowest BCUT2D eigenvalue weighted by molar-refractivity contribution is -0.190. The van der Waals surface area contributed by atoms with Crippen molar-refractivity contribution in [1.82, 2.24) is 4.90 Å². The smallest absolute Gasteiger partial charge is 0.256 e. The Labute approximate surface area is 118 Å². The zero-order valence-electron chi connectivity index (χ0n) is 11.7. The fraction of sp³-hybridized carbons (Fsp3) is 0.400. The summed E-state index contributed by atoms with van der Waals surface area (Å²) in [5.41, 5.74) is 1.08. The fourth-order valence-corrected chi connectivity index (χ4v) is 2.12. The number of carbonyl (C=O) groups excluding carboxylic acids is 1. The van der Waals surface area contributed by atoms with Gasteiger partial charge in [-0.25, -0.2) is 0 Å². The Morgan fingerprint density at radius 3 is 2.60 bits per heavy atom. The molecule has 0 radical (unpaired) electrons. The highest BCUT2D eigenvalue weighted by Gasteiger charge is 2.46. The maximum absolute atomic E-state index is 11.9. The minimum Gasteiger partial charge on any atom is -0.364 e. The molecule has 0 spiro atoms. The van der Waals surface area contributed by atoms with E-state index in [9.17, 15) is 4.79 Å². The van der Waals surface area contributed by atoms with Crippen molar-refractivity contribution in [3.63, 3.8) is 0 Å². The minimum atomic E-state index is -0.495. The third-order valence-electron chi connectivity index (χ3n) is 3.12. The van der Waals surface area contributed by atoms with Gasteiger partial charge >= 0.3 is 0 Å². The van der Waals surface area contributed by atoms with Crippen molar-refractivity contribution in [1.29, 1.82) is 0 Å². The van der Waals surface area contributed by atoms with Crippen LogP contribution in [-0.4, -0.2) is 50.7 Å². The van der Waals surface area contributed by atoms with E-state index in [0.29, 0.717) is 0 Å². The van der Waals surface area contributed by atoms with Gasteiger partial charge in [0.15, 0.2) is 6.10 Å². The molecule has 5 nitrogen and oxygen atoms in total. The van der Waals surface area contributed by atoms with E-state index in [-0.39, 0.29) is 25.5 Å². The van der Waals surface area contributed by atoms with Gasteiger partial charge in [-0.15, -0.1) is 0 Å². The Bertz CT molecular complexity index is 460. The summed E-state index contributed by atoms with van der Waals surface area (Å²) in [4.78, 5) is 13.5. The predicted molar refractivity (Wildman–Crippen MR) is 74.7 cm³/mol. The molecule has 1 amide bonds. The van der Waals surface area contributed by atoms with Crippen LogP contribution in [0.2, 0.25) is 0 Å². The Balaban J connectivity index is 2.04. The van der Waals surface area contributed by atoms with E-state index in [1.165, 1.54) is 7.11 Å². The molecule has 1 aromatic rings. The summed E-state index contributed by atoms with van der Waals surface area (Å²) in [6.07, 6.45) is 3.43. The first-order valence-electron chi connectivity index (χ1n) is 6.41. The Kier molecular flexibility index (Phi) is 5.29. The molecule has 1 heterocycles. The molecular formula is C15H19NO4. The number of rotatable bonds is 7. The number of nitrogens with zero attached hydrogens (tertiary/aromatic N) is 1. The third kappa shape index (κ3) is 3.25. The Hall–Kier alpha value is -1.69. The second-order valence-corrected chi connectivity index (χ2v) is 4.48. The van der Waals surface area contributed by atoms with Gasteiger partial charge in [0.2, 0.25) is 0 Å². The lowest BCUT2D eigenvalue weighted by Crippen LogP contribution is -2.65. The number of hydrogen-bond acceptors (Lipinski definition) is 4. The number of amides is 1. The van der Waals surface area contributed by atoms with E-state index in [1.54, 1.807) is 12.0 Å². The first-order chi connectivity index (χ1) is 9.77. The number of hydrogen-bond donors (Lipinski definition) is 0. The quantitative estimate of drug-likeness (QED) is 0.560. The van der Waals surface area contributed by atoms with Gasteiger partial charge in [-0.2, -0.15) is 0 Å². The van der Waals surface area contributed by atoms with Gasteiger partial charge in [-0.05, 0) is 5.56 Å². The average molecular weight is 277 g/mol. The molecule has 1 saturated heterocycles. The standard InChI is InChI=1S/C15H19NO4/c1-18-10-16-13(14(15(16)17)20-11-19-2)9-8-12-6-4-3-5-7-12/h3-9,13-14H,10-11H2,1-2H3/b9-8+/t13-,14+/m0/s1. The summed E-state index contributed by atoms with van der Waals surface area (Å²) < 4.78 is 15.3. The predicted octanol–water partition coefficient (Wildman–Crippen LogP) is 1.50. The highest BCUT2D eigenvalue weighted by atomic mass is 16.7. The molecule has 2 rings (SSSR count). The van der Waals surface area contributed by atoms with Crippen LogP contribution in [0.15, 0.2) is 36.4 Å². The van der Waals surface area contributed by atoms with Crippen molar-refractivity contribution in [2.24, 2.45) is 0 Å². The van der Waals surface area contributed by atoms with Crippen LogP contribution in [0.5, 0.6) is 0 Å². The monoisotopic (exact) mass is 277 g/mol. The minimum absolute atomic E-state index is 0.0772. The molecule has 2 atom stereocenters. The van der Waals surface area contributed by atoms with E-state index in [2.05, 4.69) is 0 Å². The van der Waals surface area contributed by atoms with E-state index in [1.807, 2.05) is 42.5 Å². The maximum Gasteiger partial charge on any atom is 0.256 e. The molecule has 1 aliphatic rings. The van der Waals surface area contributed by atoms with E-state index >= 15 is 0 Å². The normalized spacial score (nSPS) is 22.3. The van der Waals surface area contributed by atoms with E-state index in [0.717, 1.165) is 5.56 Å². The Morgan fingerprint density at radius 2 is 1.95 bits per heavy atom. The van der Waals surface area contributed by atoms with E-state index < -0.39 is 6.10 Å². The summed E-state index contributed by atoms with van der Waals surface area (Å²) in [5, 5.41) is 0. The van der Waals surface area contributed by atoms with Gasteiger partial charge in [-0.3, -0.25) is 4.79 Å². The molecule has 0 saturated carbocycles. The van der Waals surface area contributed by atoms with Crippen LogP contribution in [0.1, 0.15) is 5.56 Å². The number of carbonyl (C=O) groups is 1. The lowest BCUT2D eigenvalue weighted by Gasteiger charge is -2.44. The average Bonchev–Trinajstić information content (AvgIpc) is 2.49. The van der Waals surface area contributed by atoms with Gasteiger partial charge in [-0.1, -0.05) is 42.5 Å². The van der Waals surface area contributed by atoms with Crippen LogP contribution >= 0.6 is 0 Å². The van der Waals surface area contributed by atoms with Crippen LogP contribution in [-0.2, 0) is 19.0 Å². The van der Waals surface area contributed by atoms with E-state index in [4.69, 9.17) is 14.2 Å². The molecule has 1 aromatic carbocycles. The van der Waals surface area contributed by atoms with Crippen molar-refractivity contribution in [2.75, 3.05) is 27.7 Å². The summed E-state index contributed by atoms with van der Waals surface area (Å²) in [6.45, 7) is 0.363. The zero-order chi connectivity index (χ0) is 14.4. The molecule has 1 fully saturated rings. The van der Waals surface area contributed by atoms with Crippen LogP contribution in [0, 0.1) is 0 Å². The highest BCUT2D eigenvalue weighted by Crippen LogP contribution is 2.25. The van der Waals surface area contributed by atoms with Crippen molar-refractivity contribution >= 4 is 12.0 Å². The largest absolute Gasteiger partial charge is 0.364 e. The number of methoxy groups -OCH3 is 2. The number of ether oxygens (including phenoxy) is 3. The molecule has 20 heavy (non-hydrogen) atoms. The van der Waals surface area contributed by atoms with Gasteiger partial charge in [0.05, 0.1) is 6.04 Å². The third-order valence-corrected chi connectivity index (χ3v) is 3.12. The summed E-state index contributed by atoms with van der Waals surface area (Å²) in [6, 6.07) is 9.78. The van der Waals surface area contributed by atoms with Gasteiger partial charge < -0.3 is 19.1 Å². The summed E-state index contributed by atoms with van der Waals surface area (Å²) in [7, 11) is 3.10. The first kappa shape index (κ1) is 14.7. The topological polar surface area (TPSA) is 48.0 Å². The van der Waals surface area contributed by atoms with Gasteiger partial charge in [0.1, 0.15) is 13.5 Å². The van der Waals surface area contributed by atoms with Crippen molar-refractivity contribution in [2.45, 2.75) is 12.1 Å². The first-order valence-corrected chi connectivity index (χ1v) is 6.41. The summed E-state index contributed by atoms with van der Waals surface area (Å²) in [5.74, 6) is -0.0772. The van der Waals surface area contributed by atoms with Crippen LogP contribution in [0.3, 0.4) is 0 Å². The van der Waals surface area contributed by atoms with Gasteiger partial charge in [0, 0.05) is 14.2 Å². The van der Waals surface area contributed by atoms with Crippen molar-refractivity contribution in [3.8, 4) is 0 Å². The molecule has 0 bridgehead atoms. The van der Waals surface area contributed by atoms with Gasteiger partial charge in [0.25, 0.3) is 5.91 Å². The number of β-lactam (4-membered cyclic amide) rings is 1. The second-order valence-electron chi connectivity index (χ2n) is 4.48. The molecule has 5 heteroatoms. The van der Waals surface area contributed by atoms with Crippen LogP contribution in [0.4, 0.5) is 0 Å². The fourth-order valence-electron chi connectivity index (χ4n) is 2.12. The maximum atomic E-state index is 11.9. The number of likely N-dealkylation sites (tertiary alicyclic amines) is 1. The molecule has 0 N–H and O–H groups in total. The van der Waals surface area contributed by atoms with Crippen molar-refractivity contribution < 1.29 is 19.0 Å². The van der Waals surface area contributed by atoms with Crippen LogP contribution < -0.4 is 0 Å². The molecule has 0 aromatic heterocycles. The molecule has 1 aliphatic heterocycles. The molecular weight excluding hydrogens is 258 g/mol. The highest BCUT2D eigenvalue weighted by molar-refractivity contribution is 5.89. The molecule has 0 aliphatic carbocycles. The second kappa shape index (κ2) is 7.19. The summed E-state index contributed by atoms with van der Waals surface area (Å²) >= 11 is 0. The lowest BCUT2D eigenvalue weighted by atomic mass is 9.97. The SMILES string of the molecule is COCO[C@H]1C(=O)N(COC)[C@H]1/C=C/c1ccccc1. The molecule has 0 unspecified atom stereocenters. The zero-order valence-corrected chi connectivity index (χ0v) is 11.7.